The minimum atomic E-state index is -0.794. The summed E-state index contributed by atoms with van der Waals surface area (Å²) in [4.78, 5) is 40.0. The first-order valence-electron chi connectivity index (χ1n) is 9.03. The highest BCUT2D eigenvalue weighted by atomic mass is 16.5. The number of carbonyl (C=O) groups excluding carboxylic acids is 2. The van der Waals surface area contributed by atoms with Crippen LogP contribution in [0.3, 0.4) is 0 Å². The summed E-state index contributed by atoms with van der Waals surface area (Å²) < 4.78 is 7.30. The molecule has 0 unspecified atom stereocenters. The van der Waals surface area contributed by atoms with Crippen molar-refractivity contribution < 1.29 is 14.3 Å². The lowest BCUT2D eigenvalue weighted by atomic mass is 10.0. The molecule has 29 heavy (non-hydrogen) atoms. The van der Waals surface area contributed by atoms with E-state index in [9.17, 15) is 14.4 Å². The third kappa shape index (κ3) is 2.97. The molecule has 7 nitrogen and oxygen atoms in total. The maximum atomic E-state index is 13.1. The Kier molecular flexibility index (Phi) is 4.43. The van der Waals surface area contributed by atoms with Crippen LogP contribution in [0.25, 0.3) is 16.4 Å². The number of H-pyrrole nitrogens is 1. The predicted molar refractivity (Wildman–Crippen MR) is 110 cm³/mol. The number of pyridine rings is 2. The molecule has 0 saturated carbocycles. The molecule has 3 aromatic heterocycles. The van der Waals surface area contributed by atoms with Gasteiger partial charge in [-0.15, -0.1) is 0 Å². The number of ketones is 1. The van der Waals surface area contributed by atoms with Crippen LogP contribution in [0.4, 0.5) is 0 Å². The quantitative estimate of drug-likeness (QED) is 0.512. The second-order valence-corrected chi connectivity index (χ2v) is 6.84. The van der Waals surface area contributed by atoms with Gasteiger partial charge in [0.05, 0.1) is 18.3 Å². The Morgan fingerprint density at radius 3 is 2.72 bits per heavy atom. The van der Waals surface area contributed by atoms with Gasteiger partial charge in [0.25, 0.3) is 5.91 Å². The number of aromatic amines is 1. The highest BCUT2D eigenvalue weighted by Crippen LogP contribution is 2.31. The number of Topliss-reactive ketones (excluding diaryl/α,β-unsaturated/α-hetero) is 1. The normalized spacial score (nSPS) is 11.1. The molecule has 4 rings (SSSR count). The monoisotopic (exact) mass is 389 g/mol. The van der Waals surface area contributed by atoms with Gasteiger partial charge in [0.15, 0.2) is 5.78 Å². The molecule has 0 saturated heterocycles. The number of amides is 1. The summed E-state index contributed by atoms with van der Waals surface area (Å²) in [6.45, 7) is 1.85. The van der Waals surface area contributed by atoms with Crippen molar-refractivity contribution in [1.29, 1.82) is 0 Å². The van der Waals surface area contributed by atoms with E-state index in [0.29, 0.717) is 27.9 Å². The molecule has 0 radical (unpaired) electrons. The molecule has 0 aliphatic rings. The minimum Gasteiger partial charge on any atom is -0.494 e. The van der Waals surface area contributed by atoms with Crippen LogP contribution in [-0.4, -0.2) is 28.2 Å². The number of hydrogen-bond acceptors (Lipinski definition) is 4. The lowest BCUT2D eigenvalue weighted by molar-refractivity contribution is 0.0982. The van der Waals surface area contributed by atoms with Gasteiger partial charge in [-0.1, -0.05) is 12.1 Å². The van der Waals surface area contributed by atoms with Gasteiger partial charge in [-0.2, -0.15) is 0 Å². The van der Waals surface area contributed by atoms with Crippen LogP contribution in [-0.2, 0) is 6.42 Å². The molecular formula is C22H19N3O4. The van der Waals surface area contributed by atoms with Gasteiger partial charge in [-0.25, -0.2) is 0 Å². The fourth-order valence-corrected chi connectivity index (χ4v) is 3.73. The van der Waals surface area contributed by atoms with Crippen LogP contribution in [0.1, 0.15) is 32.0 Å². The molecule has 3 N–H and O–H groups in total. The summed E-state index contributed by atoms with van der Waals surface area (Å²) in [6.07, 6.45) is 3.23. The molecule has 146 valence electrons. The zero-order valence-electron chi connectivity index (χ0n) is 16.0. The summed E-state index contributed by atoms with van der Waals surface area (Å²) in [7, 11) is 1.58. The van der Waals surface area contributed by atoms with Gasteiger partial charge >= 0.3 is 0 Å². The lowest BCUT2D eigenvalue weighted by Gasteiger charge is -2.06. The van der Waals surface area contributed by atoms with E-state index in [4.69, 9.17) is 10.5 Å². The van der Waals surface area contributed by atoms with Crippen LogP contribution >= 0.6 is 0 Å². The standard InChI is InChI=1S/C22H19N3O4/c1-12-19(25-8-4-3-5-17(25)21(12)29-2)18(26)10-13-6-7-16-14(9-13)20(27)15(11-24-16)22(23)28/h3-9,11H,10H2,1-2H3,(H2,23,28)(H,24,27). The van der Waals surface area contributed by atoms with Gasteiger partial charge < -0.3 is 19.9 Å². The summed E-state index contributed by atoms with van der Waals surface area (Å²) in [5.74, 6) is -0.235. The van der Waals surface area contributed by atoms with Gasteiger partial charge in [0, 0.05) is 35.3 Å². The molecule has 0 spiro atoms. The first-order valence-corrected chi connectivity index (χ1v) is 9.03. The first-order chi connectivity index (χ1) is 13.9. The van der Waals surface area contributed by atoms with E-state index in [0.717, 1.165) is 11.1 Å². The number of rotatable bonds is 5. The maximum Gasteiger partial charge on any atom is 0.254 e. The second kappa shape index (κ2) is 6.94. The largest absolute Gasteiger partial charge is 0.494 e. The van der Waals surface area contributed by atoms with E-state index in [2.05, 4.69) is 4.98 Å². The number of ether oxygens (including phenoxy) is 1. The predicted octanol–water partition coefficient (Wildman–Crippen LogP) is 2.62. The minimum absolute atomic E-state index is 0.0984. The molecule has 1 aromatic carbocycles. The number of primary amides is 1. The van der Waals surface area contributed by atoms with E-state index in [-0.39, 0.29) is 17.8 Å². The van der Waals surface area contributed by atoms with Crippen LogP contribution in [0.2, 0.25) is 0 Å². The van der Waals surface area contributed by atoms with E-state index < -0.39 is 11.3 Å². The summed E-state index contributed by atoms with van der Waals surface area (Å²) in [6, 6.07) is 10.8. The maximum absolute atomic E-state index is 13.1. The molecule has 0 bridgehead atoms. The number of fused-ring (bicyclic) bond motifs is 2. The highest BCUT2D eigenvalue weighted by molar-refractivity contribution is 6.01. The number of hydrogen-bond donors (Lipinski definition) is 2. The molecule has 0 aliphatic heterocycles. The van der Waals surface area contributed by atoms with Crippen LogP contribution in [0, 0.1) is 6.92 Å². The third-order valence-electron chi connectivity index (χ3n) is 5.07. The number of nitrogens with two attached hydrogens (primary N) is 1. The Hall–Kier alpha value is -3.87. The van der Waals surface area contributed by atoms with E-state index in [1.807, 2.05) is 35.7 Å². The Bertz CT molecular complexity index is 1350. The summed E-state index contributed by atoms with van der Waals surface area (Å²) in [5.41, 5.74) is 8.05. The van der Waals surface area contributed by atoms with E-state index >= 15 is 0 Å². The fraction of sp³-hybridized carbons (Fsp3) is 0.136. The van der Waals surface area contributed by atoms with Gasteiger partial charge in [0.2, 0.25) is 5.43 Å². The van der Waals surface area contributed by atoms with Crippen molar-refractivity contribution in [3.05, 3.63) is 81.4 Å². The molecule has 7 heteroatoms. The summed E-state index contributed by atoms with van der Waals surface area (Å²) in [5, 5.41) is 0.320. The number of methoxy groups -OCH3 is 1. The van der Waals surface area contributed by atoms with Crippen molar-refractivity contribution in [1.82, 2.24) is 9.38 Å². The van der Waals surface area contributed by atoms with E-state index in [1.54, 1.807) is 25.3 Å². The molecular weight excluding hydrogens is 370 g/mol. The Morgan fingerprint density at radius 1 is 1.21 bits per heavy atom. The smallest absolute Gasteiger partial charge is 0.254 e. The molecule has 4 aromatic rings. The molecule has 3 heterocycles. The Labute approximate surface area is 165 Å². The first kappa shape index (κ1) is 18.5. The molecule has 1 amide bonds. The fourth-order valence-electron chi connectivity index (χ4n) is 3.73. The van der Waals surface area contributed by atoms with Crippen molar-refractivity contribution in [2.45, 2.75) is 13.3 Å². The number of benzene rings is 1. The van der Waals surface area contributed by atoms with Crippen molar-refractivity contribution in [2.24, 2.45) is 5.73 Å². The van der Waals surface area contributed by atoms with Crippen molar-refractivity contribution in [2.75, 3.05) is 7.11 Å². The number of carbonyl (C=O) groups is 2. The number of aromatic nitrogens is 2. The molecule has 0 atom stereocenters. The lowest BCUT2D eigenvalue weighted by Crippen LogP contribution is -2.22. The molecule has 0 fully saturated rings. The van der Waals surface area contributed by atoms with Crippen LogP contribution in [0.5, 0.6) is 5.75 Å². The zero-order valence-corrected chi connectivity index (χ0v) is 16.0. The average molecular weight is 389 g/mol. The summed E-state index contributed by atoms with van der Waals surface area (Å²) >= 11 is 0. The van der Waals surface area contributed by atoms with Crippen molar-refractivity contribution in [3.63, 3.8) is 0 Å². The van der Waals surface area contributed by atoms with Crippen LogP contribution < -0.4 is 15.9 Å². The average Bonchev–Trinajstić information content (AvgIpc) is 2.99. The van der Waals surface area contributed by atoms with Crippen molar-refractivity contribution in [3.8, 4) is 5.75 Å². The van der Waals surface area contributed by atoms with Crippen LogP contribution in [0.15, 0.2) is 53.6 Å². The SMILES string of the molecule is COc1c(C)c(C(=O)Cc2ccc3[nH]cc(C(N)=O)c(=O)c3c2)n2ccccc12. The Morgan fingerprint density at radius 2 is 2.00 bits per heavy atom. The third-order valence-corrected chi connectivity index (χ3v) is 5.07. The van der Waals surface area contributed by atoms with Gasteiger partial charge in [-0.05, 0) is 36.8 Å². The highest BCUT2D eigenvalue weighted by Gasteiger charge is 2.21. The van der Waals surface area contributed by atoms with E-state index in [1.165, 1.54) is 6.20 Å². The van der Waals surface area contributed by atoms with Crippen molar-refractivity contribution >= 4 is 28.1 Å². The number of nitrogens with one attached hydrogen (secondary N) is 1. The van der Waals surface area contributed by atoms with Gasteiger partial charge in [-0.3, -0.25) is 14.4 Å². The topological polar surface area (TPSA) is 107 Å². The second-order valence-electron chi connectivity index (χ2n) is 6.84. The molecule has 0 aliphatic carbocycles. The zero-order chi connectivity index (χ0) is 20.7. The number of nitrogens with zero attached hydrogens (tertiary/aromatic N) is 1. The Balaban J connectivity index is 1.78. The van der Waals surface area contributed by atoms with Gasteiger partial charge in [0.1, 0.15) is 11.3 Å².